The Morgan fingerprint density at radius 3 is 1.33 bits per heavy atom. The Hall–Kier alpha value is -0.610. The molecule has 0 aromatic heterocycles. The van der Waals surface area contributed by atoms with Crippen molar-refractivity contribution in [1.29, 1.82) is 0 Å². The second-order valence-corrected chi connectivity index (χ2v) is 0.909. The van der Waals surface area contributed by atoms with Crippen molar-refractivity contribution >= 4 is 0 Å². The van der Waals surface area contributed by atoms with E-state index >= 15 is 0 Å². The van der Waals surface area contributed by atoms with Crippen LogP contribution in [-0.4, -0.2) is 6.43 Å². The van der Waals surface area contributed by atoms with Crippen molar-refractivity contribution in [1.82, 2.24) is 0 Å². The Morgan fingerprint density at radius 1 is 1.00 bits per heavy atom. The highest BCUT2D eigenvalue weighted by molar-refractivity contribution is 4.93. The number of allylic oxidation sites excluding steroid dienone is 1. The molecule has 0 nitrogen and oxygen atoms in total. The van der Waals surface area contributed by atoms with E-state index in [1.807, 2.05) is 0 Å². The fourth-order valence-electron chi connectivity index (χ4n) is 0.0825. The summed E-state index contributed by atoms with van der Waals surface area (Å²) >= 11 is 0. The lowest BCUT2D eigenvalue weighted by atomic mass is 10.6. The molecule has 0 aliphatic rings. The van der Waals surface area contributed by atoms with Gasteiger partial charge in [0.25, 0.3) is 6.43 Å². The largest absolute Gasteiger partial charge is 0.307 e. The summed E-state index contributed by atoms with van der Waals surface area (Å²) in [6.07, 6.45) is -6.65. The molecule has 0 rings (SSSR count). The van der Waals surface area contributed by atoms with E-state index in [1.54, 1.807) is 0 Å². The van der Waals surface area contributed by atoms with Crippen molar-refractivity contribution in [2.45, 2.75) is 13.9 Å². The molecular formula is C4H5F5. The molecule has 0 saturated carbocycles. The third-order valence-corrected chi connectivity index (χ3v) is 0.372. The number of hydrogen-bond acceptors (Lipinski definition) is 0. The molecule has 0 heterocycles. The molecule has 0 spiro atoms. The van der Waals surface area contributed by atoms with Crippen LogP contribution in [0, 0.1) is 0 Å². The van der Waals surface area contributed by atoms with Gasteiger partial charge in [-0.15, -0.1) is 0 Å². The van der Waals surface area contributed by atoms with Gasteiger partial charge in [0.2, 0.25) is 5.83 Å². The van der Waals surface area contributed by atoms with E-state index in [2.05, 4.69) is 0 Å². The van der Waals surface area contributed by atoms with Crippen LogP contribution in [0.25, 0.3) is 0 Å². The van der Waals surface area contributed by atoms with Crippen LogP contribution in [0.3, 0.4) is 0 Å². The first kappa shape index (κ1) is 11.2. The van der Waals surface area contributed by atoms with Crippen LogP contribution in [0.2, 0.25) is 0 Å². The maximum Gasteiger partial charge on any atom is 0.307 e. The zero-order chi connectivity index (χ0) is 6.73. The van der Waals surface area contributed by atoms with E-state index in [4.69, 9.17) is 0 Å². The second-order valence-electron chi connectivity index (χ2n) is 0.909. The first-order valence-corrected chi connectivity index (χ1v) is 1.54. The maximum atomic E-state index is 11.0. The van der Waals surface area contributed by atoms with E-state index < -0.39 is 18.3 Å². The Morgan fingerprint density at radius 2 is 1.33 bits per heavy atom. The number of rotatable bonds is 1. The number of hydrogen-bond donors (Lipinski definition) is 0. The minimum Gasteiger partial charge on any atom is -0.202 e. The lowest BCUT2D eigenvalue weighted by molar-refractivity contribution is 0.145. The molecule has 0 aliphatic carbocycles. The van der Waals surface area contributed by atoms with E-state index in [0.717, 1.165) is 0 Å². The third kappa shape index (κ3) is 3.93. The van der Waals surface area contributed by atoms with Crippen LogP contribution in [0.4, 0.5) is 22.0 Å². The Kier molecular flexibility index (Phi) is 5.34. The molecule has 0 bridgehead atoms. The van der Waals surface area contributed by atoms with Gasteiger partial charge in [-0.3, -0.25) is 0 Å². The molecule has 0 fully saturated rings. The van der Waals surface area contributed by atoms with Crippen LogP contribution in [-0.2, 0) is 0 Å². The van der Waals surface area contributed by atoms with Crippen molar-refractivity contribution in [3.8, 4) is 0 Å². The topological polar surface area (TPSA) is 0 Å². The SMILES string of the molecule is C.FC(F)=C(F)C(F)F. The van der Waals surface area contributed by atoms with Gasteiger partial charge in [-0.2, -0.15) is 13.2 Å². The molecule has 0 aromatic carbocycles. The van der Waals surface area contributed by atoms with Gasteiger partial charge in [-0.1, -0.05) is 7.43 Å². The third-order valence-electron chi connectivity index (χ3n) is 0.372. The fraction of sp³-hybridized carbons (Fsp3) is 0.500. The summed E-state index contributed by atoms with van der Waals surface area (Å²) in [7, 11) is 0. The van der Waals surface area contributed by atoms with E-state index in [1.165, 1.54) is 0 Å². The van der Waals surface area contributed by atoms with Crippen molar-refractivity contribution < 1.29 is 22.0 Å². The van der Waals surface area contributed by atoms with E-state index in [-0.39, 0.29) is 7.43 Å². The molecule has 0 saturated heterocycles. The highest BCUT2D eigenvalue weighted by Crippen LogP contribution is 2.16. The lowest BCUT2D eigenvalue weighted by Gasteiger charge is -1.88. The van der Waals surface area contributed by atoms with Crippen molar-refractivity contribution in [2.75, 3.05) is 0 Å². The molecule has 0 N–H and O–H groups in total. The summed E-state index contributed by atoms with van der Waals surface area (Å²) < 4.78 is 54.0. The Balaban J connectivity index is 0. The first-order valence-electron chi connectivity index (χ1n) is 1.54. The van der Waals surface area contributed by atoms with Gasteiger partial charge in [0.1, 0.15) is 0 Å². The standard InChI is InChI=1S/C3HF5.CH4/c4-1(2(5)6)3(7)8;/h2H;1H4. The molecule has 5 heteroatoms. The summed E-state index contributed by atoms with van der Waals surface area (Å²) in [5.74, 6) is -2.65. The molecule has 0 amide bonds. The lowest BCUT2D eigenvalue weighted by Crippen LogP contribution is -1.90. The van der Waals surface area contributed by atoms with Gasteiger partial charge in [-0.05, 0) is 0 Å². The van der Waals surface area contributed by atoms with Gasteiger partial charge in [0, 0.05) is 0 Å². The van der Waals surface area contributed by atoms with Crippen LogP contribution >= 0.6 is 0 Å². The van der Waals surface area contributed by atoms with E-state index in [0.29, 0.717) is 0 Å². The van der Waals surface area contributed by atoms with Gasteiger partial charge >= 0.3 is 6.08 Å². The predicted molar refractivity (Wildman–Crippen MR) is 23.1 cm³/mol. The summed E-state index contributed by atoms with van der Waals surface area (Å²) in [5.41, 5.74) is 0. The minimum absolute atomic E-state index is 0. The molecule has 0 aromatic rings. The first-order chi connectivity index (χ1) is 3.55. The zero-order valence-electron chi connectivity index (χ0n) is 3.47. The quantitative estimate of drug-likeness (QED) is 0.501. The average Bonchev–Trinajstić information content (AvgIpc) is 1.64. The number of halogens is 5. The normalized spacial score (nSPS) is 8.67. The molecule has 9 heavy (non-hydrogen) atoms. The highest BCUT2D eigenvalue weighted by atomic mass is 19.3. The number of alkyl halides is 2. The zero-order valence-corrected chi connectivity index (χ0v) is 3.47. The second kappa shape index (κ2) is 4.29. The fourth-order valence-corrected chi connectivity index (χ4v) is 0.0825. The summed E-state index contributed by atoms with van der Waals surface area (Å²) in [6.45, 7) is 0. The van der Waals surface area contributed by atoms with Crippen molar-refractivity contribution in [3.63, 3.8) is 0 Å². The maximum absolute atomic E-state index is 11.0. The molecule has 0 atom stereocenters. The molecule has 0 unspecified atom stereocenters. The summed E-state index contributed by atoms with van der Waals surface area (Å²) in [6, 6.07) is 0. The van der Waals surface area contributed by atoms with Crippen LogP contribution in [0.1, 0.15) is 7.43 Å². The Bertz CT molecular complexity index is 102. The summed E-state index contributed by atoms with van der Waals surface area (Å²) in [5, 5.41) is 0. The summed E-state index contributed by atoms with van der Waals surface area (Å²) in [4.78, 5) is 0. The highest BCUT2D eigenvalue weighted by Gasteiger charge is 2.16. The monoisotopic (exact) mass is 148 g/mol. The molecule has 0 radical (unpaired) electrons. The molecular weight excluding hydrogens is 143 g/mol. The smallest absolute Gasteiger partial charge is 0.202 e. The average molecular weight is 148 g/mol. The van der Waals surface area contributed by atoms with E-state index in [9.17, 15) is 22.0 Å². The molecule has 0 aliphatic heterocycles. The molecule has 56 valence electrons. The van der Waals surface area contributed by atoms with Gasteiger partial charge in [0.15, 0.2) is 0 Å². The van der Waals surface area contributed by atoms with Gasteiger partial charge in [0.05, 0.1) is 0 Å². The Labute approximate surface area is 49.0 Å². The van der Waals surface area contributed by atoms with Gasteiger partial charge < -0.3 is 0 Å². The predicted octanol–water partition coefficient (Wildman–Crippen LogP) is 2.97. The van der Waals surface area contributed by atoms with Crippen LogP contribution in [0.5, 0.6) is 0 Å². The van der Waals surface area contributed by atoms with Crippen LogP contribution < -0.4 is 0 Å². The van der Waals surface area contributed by atoms with Crippen molar-refractivity contribution in [2.24, 2.45) is 0 Å². The van der Waals surface area contributed by atoms with Gasteiger partial charge in [-0.25, -0.2) is 8.78 Å². The van der Waals surface area contributed by atoms with Crippen LogP contribution in [0.15, 0.2) is 11.9 Å². The van der Waals surface area contributed by atoms with Crippen molar-refractivity contribution in [3.05, 3.63) is 11.9 Å². The minimum atomic E-state index is -3.69.